The van der Waals surface area contributed by atoms with Crippen LogP contribution >= 0.6 is 0 Å². The third kappa shape index (κ3) is 2.97. The highest BCUT2D eigenvalue weighted by atomic mass is 16.2. The highest BCUT2D eigenvalue weighted by Gasteiger charge is 2.27. The zero-order chi connectivity index (χ0) is 12.0. The Hall–Kier alpha value is -1.55. The molecule has 0 aromatic heterocycles. The first-order chi connectivity index (χ1) is 7.72. The molecule has 0 N–H and O–H groups in total. The third-order valence-corrected chi connectivity index (χ3v) is 2.37. The Bertz CT molecular complexity index is 266. The molecule has 4 nitrogen and oxygen atoms in total. The molecule has 0 aromatic carbocycles. The van der Waals surface area contributed by atoms with E-state index < -0.39 is 0 Å². The van der Waals surface area contributed by atoms with E-state index in [1.54, 1.807) is 22.0 Å². The van der Waals surface area contributed by atoms with Crippen LogP contribution in [-0.2, 0) is 0 Å². The molecule has 1 heterocycles. The third-order valence-electron chi connectivity index (χ3n) is 2.37. The van der Waals surface area contributed by atoms with Gasteiger partial charge in [-0.1, -0.05) is 18.2 Å². The fraction of sp³-hybridized carbons (Fsp3) is 0.417. The van der Waals surface area contributed by atoms with Gasteiger partial charge in [0.05, 0.1) is 13.3 Å². The molecule has 0 saturated carbocycles. The van der Waals surface area contributed by atoms with E-state index in [2.05, 4.69) is 24.6 Å². The van der Waals surface area contributed by atoms with Crippen molar-refractivity contribution in [2.75, 3.05) is 33.0 Å². The van der Waals surface area contributed by atoms with Crippen molar-refractivity contribution >= 4 is 6.03 Å². The molecule has 0 bridgehead atoms. The standard InChI is InChI=1S/C12H19N3O/c1-4-7-13-10-14(8-5-2)12(16)15(11-13)9-6-3/h4-6H,1-3,7-11H2. The first kappa shape index (κ1) is 12.5. The molecule has 1 saturated heterocycles. The summed E-state index contributed by atoms with van der Waals surface area (Å²) in [7, 11) is 0. The SMILES string of the molecule is C=CCN1CN(CC=C)C(=O)N(CC=C)C1. The number of amides is 2. The molecule has 1 aliphatic heterocycles. The molecule has 1 rings (SSSR count). The van der Waals surface area contributed by atoms with E-state index in [9.17, 15) is 4.79 Å². The van der Waals surface area contributed by atoms with Gasteiger partial charge in [0.2, 0.25) is 0 Å². The van der Waals surface area contributed by atoms with Crippen LogP contribution in [0.15, 0.2) is 38.0 Å². The Kier molecular flexibility index (Phi) is 4.79. The maximum absolute atomic E-state index is 12.0. The molecule has 1 fully saturated rings. The van der Waals surface area contributed by atoms with Crippen LogP contribution in [0, 0.1) is 0 Å². The number of carbonyl (C=O) groups is 1. The zero-order valence-corrected chi connectivity index (χ0v) is 9.64. The average Bonchev–Trinajstić information content (AvgIpc) is 2.26. The van der Waals surface area contributed by atoms with Crippen molar-refractivity contribution in [3.05, 3.63) is 38.0 Å². The normalized spacial score (nSPS) is 17.4. The van der Waals surface area contributed by atoms with Crippen molar-refractivity contribution in [1.82, 2.24) is 14.7 Å². The van der Waals surface area contributed by atoms with Crippen LogP contribution in [0.4, 0.5) is 4.79 Å². The summed E-state index contributed by atoms with van der Waals surface area (Å²) in [5.74, 6) is 0. The van der Waals surface area contributed by atoms with Gasteiger partial charge >= 0.3 is 6.03 Å². The molecule has 0 aliphatic carbocycles. The van der Waals surface area contributed by atoms with Crippen LogP contribution in [0.5, 0.6) is 0 Å². The fourth-order valence-corrected chi connectivity index (χ4v) is 1.73. The topological polar surface area (TPSA) is 26.8 Å². The van der Waals surface area contributed by atoms with Crippen molar-refractivity contribution < 1.29 is 4.79 Å². The van der Waals surface area contributed by atoms with Crippen LogP contribution in [0.1, 0.15) is 0 Å². The zero-order valence-electron chi connectivity index (χ0n) is 9.64. The van der Waals surface area contributed by atoms with Crippen LogP contribution in [0.25, 0.3) is 0 Å². The monoisotopic (exact) mass is 221 g/mol. The average molecular weight is 221 g/mol. The molecule has 16 heavy (non-hydrogen) atoms. The van der Waals surface area contributed by atoms with Crippen molar-refractivity contribution in [1.29, 1.82) is 0 Å². The van der Waals surface area contributed by atoms with Crippen LogP contribution in [-0.4, -0.2) is 53.7 Å². The van der Waals surface area contributed by atoms with Crippen molar-refractivity contribution in [2.45, 2.75) is 0 Å². The van der Waals surface area contributed by atoms with Crippen LogP contribution < -0.4 is 0 Å². The second kappa shape index (κ2) is 6.12. The minimum atomic E-state index is 0.0418. The molecule has 0 spiro atoms. The lowest BCUT2D eigenvalue weighted by Crippen LogP contribution is -2.57. The quantitative estimate of drug-likeness (QED) is 0.635. The molecule has 1 aliphatic rings. The molecule has 88 valence electrons. The van der Waals surface area contributed by atoms with E-state index >= 15 is 0 Å². The fourth-order valence-electron chi connectivity index (χ4n) is 1.73. The second-order valence-electron chi connectivity index (χ2n) is 3.73. The molecule has 4 heteroatoms. The van der Waals surface area contributed by atoms with Gasteiger partial charge in [-0.3, -0.25) is 4.90 Å². The van der Waals surface area contributed by atoms with Gasteiger partial charge in [0.25, 0.3) is 0 Å². The van der Waals surface area contributed by atoms with Gasteiger partial charge < -0.3 is 9.80 Å². The Balaban J connectivity index is 2.70. The Morgan fingerprint density at radius 3 is 1.75 bits per heavy atom. The Morgan fingerprint density at radius 2 is 1.38 bits per heavy atom. The Morgan fingerprint density at radius 1 is 0.938 bits per heavy atom. The predicted octanol–water partition coefficient (Wildman–Crippen LogP) is 1.50. The van der Waals surface area contributed by atoms with E-state index in [0.717, 1.165) is 6.54 Å². The maximum Gasteiger partial charge on any atom is 0.322 e. The molecule has 0 aromatic rings. The summed E-state index contributed by atoms with van der Waals surface area (Å²) in [5.41, 5.74) is 0. The van der Waals surface area contributed by atoms with Crippen molar-refractivity contribution in [2.24, 2.45) is 0 Å². The van der Waals surface area contributed by atoms with Crippen LogP contribution in [0.2, 0.25) is 0 Å². The highest BCUT2D eigenvalue weighted by molar-refractivity contribution is 5.75. The molecule has 0 unspecified atom stereocenters. The number of hydrogen-bond acceptors (Lipinski definition) is 2. The minimum Gasteiger partial charge on any atom is -0.308 e. The molecule has 0 atom stereocenters. The van der Waals surface area contributed by atoms with Gasteiger partial charge in [-0.05, 0) is 0 Å². The van der Waals surface area contributed by atoms with Crippen molar-refractivity contribution in [3.8, 4) is 0 Å². The second-order valence-corrected chi connectivity index (χ2v) is 3.73. The predicted molar refractivity (Wildman–Crippen MR) is 65.8 cm³/mol. The van der Waals surface area contributed by atoms with Crippen LogP contribution in [0.3, 0.4) is 0 Å². The summed E-state index contributed by atoms with van der Waals surface area (Å²) < 4.78 is 0. The maximum atomic E-state index is 12.0. The Labute approximate surface area is 97.1 Å². The minimum absolute atomic E-state index is 0.0418. The molecule has 0 radical (unpaired) electrons. The number of hydrogen-bond donors (Lipinski definition) is 0. The first-order valence-electron chi connectivity index (χ1n) is 5.31. The van der Waals surface area contributed by atoms with E-state index in [0.29, 0.717) is 26.4 Å². The number of rotatable bonds is 6. The van der Waals surface area contributed by atoms with Gasteiger partial charge in [-0.2, -0.15) is 0 Å². The number of urea groups is 1. The lowest BCUT2D eigenvalue weighted by atomic mass is 10.4. The lowest BCUT2D eigenvalue weighted by molar-refractivity contribution is 0.0499. The largest absolute Gasteiger partial charge is 0.322 e. The number of nitrogens with zero attached hydrogens (tertiary/aromatic N) is 3. The van der Waals surface area contributed by atoms with E-state index in [4.69, 9.17) is 0 Å². The first-order valence-corrected chi connectivity index (χ1v) is 5.31. The molecule has 2 amide bonds. The highest BCUT2D eigenvalue weighted by Crippen LogP contribution is 2.10. The molecular formula is C12H19N3O. The van der Waals surface area contributed by atoms with Gasteiger partial charge in [0, 0.05) is 19.6 Å². The van der Waals surface area contributed by atoms with Gasteiger partial charge in [-0.15, -0.1) is 19.7 Å². The lowest BCUT2D eigenvalue weighted by Gasteiger charge is -2.41. The van der Waals surface area contributed by atoms with E-state index in [-0.39, 0.29) is 6.03 Å². The smallest absolute Gasteiger partial charge is 0.308 e. The molecular weight excluding hydrogens is 202 g/mol. The summed E-state index contributed by atoms with van der Waals surface area (Å²) in [4.78, 5) is 17.6. The van der Waals surface area contributed by atoms with Gasteiger partial charge in [0.1, 0.15) is 0 Å². The van der Waals surface area contributed by atoms with E-state index in [1.165, 1.54) is 0 Å². The summed E-state index contributed by atoms with van der Waals surface area (Å²) >= 11 is 0. The van der Waals surface area contributed by atoms with Crippen molar-refractivity contribution in [3.63, 3.8) is 0 Å². The summed E-state index contributed by atoms with van der Waals surface area (Å²) in [6.07, 6.45) is 5.32. The van der Waals surface area contributed by atoms with Gasteiger partial charge in [0.15, 0.2) is 0 Å². The number of carbonyl (C=O) groups excluding carboxylic acids is 1. The van der Waals surface area contributed by atoms with Gasteiger partial charge in [-0.25, -0.2) is 4.79 Å². The summed E-state index contributed by atoms with van der Waals surface area (Å²) in [6.45, 7) is 14.2. The summed E-state index contributed by atoms with van der Waals surface area (Å²) in [6, 6.07) is 0.0418. The summed E-state index contributed by atoms with van der Waals surface area (Å²) in [5, 5.41) is 0. The van der Waals surface area contributed by atoms with E-state index in [1.807, 2.05) is 6.08 Å².